The number of carboxylic acids is 1. The van der Waals surface area contributed by atoms with Gasteiger partial charge < -0.3 is 10.4 Å². The number of carbonyl (C=O) groups excluding carboxylic acids is 1. The quantitative estimate of drug-likeness (QED) is 0.869. The number of carbonyl (C=O) groups is 2. The molecule has 0 saturated heterocycles. The van der Waals surface area contributed by atoms with E-state index in [9.17, 15) is 9.59 Å². The van der Waals surface area contributed by atoms with Gasteiger partial charge in [0.05, 0.1) is 11.8 Å². The molecule has 0 bridgehead atoms. The summed E-state index contributed by atoms with van der Waals surface area (Å²) >= 11 is 1.63. The molecule has 1 aromatic rings. The summed E-state index contributed by atoms with van der Waals surface area (Å²) in [6.07, 6.45) is 0.778. The molecule has 1 saturated carbocycles. The molecule has 2 N–H and O–H groups in total. The van der Waals surface area contributed by atoms with Crippen LogP contribution in [-0.4, -0.2) is 23.0 Å². The van der Waals surface area contributed by atoms with Crippen LogP contribution in [0, 0.1) is 17.3 Å². The second-order valence-electron chi connectivity index (χ2n) is 5.86. The van der Waals surface area contributed by atoms with Crippen molar-refractivity contribution in [2.75, 3.05) is 0 Å². The molecule has 1 fully saturated rings. The summed E-state index contributed by atoms with van der Waals surface area (Å²) in [5.41, 5.74) is 0.764. The lowest BCUT2D eigenvalue weighted by atomic mass is 10.1. The standard InChI is InChI=1S/C14H19NO3S/c1-8(6-9-4-5-19-7-9)15-12(16)10-11(13(17)18)14(10,2)3/h4-5,7-8,10-11H,6H2,1-3H3,(H,15,16)(H,17,18). The van der Waals surface area contributed by atoms with Crippen LogP contribution in [0.1, 0.15) is 26.3 Å². The summed E-state index contributed by atoms with van der Waals surface area (Å²) in [5.74, 6) is -1.98. The summed E-state index contributed by atoms with van der Waals surface area (Å²) in [7, 11) is 0. The summed E-state index contributed by atoms with van der Waals surface area (Å²) in [4.78, 5) is 23.2. The van der Waals surface area contributed by atoms with E-state index in [0.717, 1.165) is 6.42 Å². The van der Waals surface area contributed by atoms with Crippen LogP contribution in [0.25, 0.3) is 0 Å². The maximum absolute atomic E-state index is 12.1. The minimum absolute atomic E-state index is 0.0212. The molecule has 1 heterocycles. The van der Waals surface area contributed by atoms with Crippen molar-refractivity contribution in [3.8, 4) is 0 Å². The number of nitrogens with one attached hydrogen (secondary N) is 1. The van der Waals surface area contributed by atoms with E-state index in [-0.39, 0.29) is 11.9 Å². The van der Waals surface area contributed by atoms with E-state index in [1.54, 1.807) is 11.3 Å². The van der Waals surface area contributed by atoms with Crippen molar-refractivity contribution in [1.82, 2.24) is 5.32 Å². The lowest BCUT2D eigenvalue weighted by Crippen LogP contribution is -2.36. The van der Waals surface area contributed by atoms with Gasteiger partial charge in [0.1, 0.15) is 0 Å². The van der Waals surface area contributed by atoms with E-state index in [1.165, 1.54) is 5.56 Å². The van der Waals surface area contributed by atoms with E-state index in [2.05, 4.69) is 10.7 Å². The van der Waals surface area contributed by atoms with Crippen LogP contribution in [0.2, 0.25) is 0 Å². The van der Waals surface area contributed by atoms with Crippen LogP contribution < -0.4 is 5.32 Å². The largest absolute Gasteiger partial charge is 0.481 e. The minimum Gasteiger partial charge on any atom is -0.481 e. The van der Waals surface area contributed by atoms with Crippen LogP contribution in [0.5, 0.6) is 0 Å². The number of thiophene rings is 1. The summed E-state index contributed by atoms with van der Waals surface area (Å²) in [6.45, 7) is 5.61. The fraction of sp³-hybridized carbons (Fsp3) is 0.571. The van der Waals surface area contributed by atoms with Gasteiger partial charge in [-0.1, -0.05) is 13.8 Å². The Kier molecular flexibility index (Phi) is 3.67. The number of carboxylic acid groups (broad SMARTS) is 1. The zero-order chi connectivity index (χ0) is 14.2. The zero-order valence-electron chi connectivity index (χ0n) is 11.3. The average Bonchev–Trinajstić information content (AvgIpc) is 2.66. The van der Waals surface area contributed by atoms with E-state index < -0.39 is 23.2 Å². The molecule has 1 aliphatic carbocycles. The summed E-state index contributed by atoms with van der Waals surface area (Å²) in [6, 6.07) is 2.06. The Morgan fingerprint density at radius 3 is 2.63 bits per heavy atom. The lowest BCUT2D eigenvalue weighted by Gasteiger charge is -2.13. The van der Waals surface area contributed by atoms with E-state index >= 15 is 0 Å². The van der Waals surface area contributed by atoms with Crippen LogP contribution in [0.3, 0.4) is 0 Å². The highest BCUT2D eigenvalue weighted by molar-refractivity contribution is 7.07. The Morgan fingerprint density at radius 1 is 1.47 bits per heavy atom. The SMILES string of the molecule is CC(Cc1ccsc1)NC(=O)C1C(C(=O)O)C1(C)C. The maximum atomic E-state index is 12.1. The molecule has 1 aliphatic rings. The zero-order valence-corrected chi connectivity index (χ0v) is 12.2. The Balaban J connectivity index is 1.90. The van der Waals surface area contributed by atoms with Crippen LogP contribution in [0.4, 0.5) is 0 Å². The third-order valence-electron chi connectivity index (χ3n) is 3.89. The number of hydrogen-bond donors (Lipinski definition) is 2. The molecule has 104 valence electrons. The average molecular weight is 281 g/mol. The Hall–Kier alpha value is -1.36. The number of rotatable bonds is 5. The first kappa shape index (κ1) is 14.1. The smallest absolute Gasteiger partial charge is 0.307 e. The third kappa shape index (κ3) is 2.81. The van der Waals surface area contributed by atoms with Gasteiger partial charge >= 0.3 is 5.97 Å². The number of hydrogen-bond acceptors (Lipinski definition) is 3. The Bertz CT molecular complexity index is 481. The van der Waals surface area contributed by atoms with Gasteiger partial charge in [0.2, 0.25) is 5.91 Å². The molecule has 0 aliphatic heterocycles. The maximum Gasteiger partial charge on any atom is 0.307 e. The summed E-state index contributed by atoms with van der Waals surface area (Å²) in [5, 5.41) is 16.1. The third-order valence-corrected chi connectivity index (χ3v) is 4.62. The molecule has 0 aromatic carbocycles. The normalized spacial score (nSPS) is 25.6. The van der Waals surface area contributed by atoms with Crippen molar-refractivity contribution in [3.63, 3.8) is 0 Å². The molecule has 3 unspecified atom stereocenters. The number of amides is 1. The first-order chi connectivity index (χ1) is 8.84. The van der Waals surface area contributed by atoms with Crippen LogP contribution >= 0.6 is 11.3 Å². The van der Waals surface area contributed by atoms with Gasteiger partial charge in [0.15, 0.2) is 0 Å². The van der Waals surface area contributed by atoms with Gasteiger partial charge in [-0.05, 0) is 41.1 Å². The first-order valence-electron chi connectivity index (χ1n) is 6.38. The van der Waals surface area contributed by atoms with Gasteiger partial charge in [0.25, 0.3) is 0 Å². The topological polar surface area (TPSA) is 66.4 Å². The molecule has 1 aromatic heterocycles. The molecule has 0 radical (unpaired) electrons. The second kappa shape index (κ2) is 4.96. The molecule has 1 amide bonds. The van der Waals surface area contributed by atoms with Gasteiger partial charge in [-0.2, -0.15) is 11.3 Å². The highest BCUT2D eigenvalue weighted by Gasteiger charge is 2.65. The number of aliphatic carboxylic acids is 1. The fourth-order valence-corrected chi connectivity index (χ4v) is 3.42. The Labute approximate surface area is 116 Å². The van der Waals surface area contributed by atoms with Crippen molar-refractivity contribution in [2.45, 2.75) is 33.2 Å². The summed E-state index contributed by atoms with van der Waals surface area (Å²) < 4.78 is 0. The van der Waals surface area contributed by atoms with Crippen molar-refractivity contribution in [3.05, 3.63) is 22.4 Å². The van der Waals surface area contributed by atoms with Crippen molar-refractivity contribution >= 4 is 23.2 Å². The van der Waals surface area contributed by atoms with Gasteiger partial charge in [0, 0.05) is 6.04 Å². The molecule has 5 heteroatoms. The molecular formula is C14H19NO3S. The fourth-order valence-electron chi connectivity index (χ4n) is 2.73. The predicted octanol–water partition coefficient (Wildman–Crippen LogP) is 2.15. The predicted molar refractivity (Wildman–Crippen MR) is 74.0 cm³/mol. The molecule has 4 nitrogen and oxygen atoms in total. The van der Waals surface area contributed by atoms with E-state index in [0.29, 0.717) is 0 Å². The van der Waals surface area contributed by atoms with Crippen molar-refractivity contribution in [2.24, 2.45) is 17.3 Å². The van der Waals surface area contributed by atoms with Crippen LogP contribution in [-0.2, 0) is 16.0 Å². The van der Waals surface area contributed by atoms with Gasteiger partial charge in [-0.3, -0.25) is 9.59 Å². The van der Waals surface area contributed by atoms with Gasteiger partial charge in [-0.15, -0.1) is 0 Å². The highest BCUT2D eigenvalue weighted by atomic mass is 32.1. The van der Waals surface area contributed by atoms with Crippen molar-refractivity contribution in [1.29, 1.82) is 0 Å². The minimum atomic E-state index is -0.879. The Morgan fingerprint density at radius 2 is 2.16 bits per heavy atom. The van der Waals surface area contributed by atoms with Gasteiger partial charge in [-0.25, -0.2) is 0 Å². The molecular weight excluding hydrogens is 262 g/mol. The lowest BCUT2D eigenvalue weighted by molar-refractivity contribution is -0.140. The van der Waals surface area contributed by atoms with Crippen LogP contribution in [0.15, 0.2) is 16.8 Å². The van der Waals surface area contributed by atoms with E-state index in [4.69, 9.17) is 5.11 Å². The van der Waals surface area contributed by atoms with Crippen molar-refractivity contribution < 1.29 is 14.7 Å². The first-order valence-corrected chi connectivity index (χ1v) is 7.32. The molecule has 0 spiro atoms. The molecule has 3 atom stereocenters. The van der Waals surface area contributed by atoms with E-state index in [1.807, 2.05) is 32.2 Å². The molecule has 2 rings (SSSR count). The second-order valence-corrected chi connectivity index (χ2v) is 6.64. The monoisotopic (exact) mass is 281 g/mol. The highest BCUT2D eigenvalue weighted by Crippen LogP contribution is 2.58. The molecule has 19 heavy (non-hydrogen) atoms.